The summed E-state index contributed by atoms with van der Waals surface area (Å²) in [6.45, 7) is 6.78. The fraction of sp³-hybridized carbons (Fsp3) is 0.700. The van der Waals surface area contributed by atoms with Gasteiger partial charge < -0.3 is 15.7 Å². The van der Waals surface area contributed by atoms with Crippen LogP contribution < -0.4 is 10.6 Å². The van der Waals surface area contributed by atoms with Crippen molar-refractivity contribution in [1.29, 1.82) is 0 Å². The monoisotopic (exact) mass is 216 g/mol. The summed E-state index contributed by atoms with van der Waals surface area (Å²) in [5, 5.41) is 15.4. The van der Waals surface area contributed by atoms with Crippen molar-refractivity contribution in [3.63, 3.8) is 0 Å². The molecule has 0 saturated carbocycles. The second kappa shape index (κ2) is 8.97. The van der Waals surface area contributed by atoms with E-state index in [1.807, 2.05) is 6.92 Å². The lowest BCUT2D eigenvalue weighted by molar-refractivity contribution is 0.283. The number of thiocarbonyl (C=S) groups is 1. The van der Waals surface area contributed by atoms with Gasteiger partial charge in [-0.15, -0.1) is 6.58 Å². The first-order chi connectivity index (χ1) is 6.70. The van der Waals surface area contributed by atoms with E-state index >= 15 is 0 Å². The summed E-state index contributed by atoms with van der Waals surface area (Å²) < 4.78 is 0. The topological polar surface area (TPSA) is 44.3 Å². The van der Waals surface area contributed by atoms with Crippen LogP contribution in [0.5, 0.6) is 0 Å². The molecule has 0 aromatic carbocycles. The first kappa shape index (κ1) is 13.4. The van der Waals surface area contributed by atoms with Crippen LogP contribution in [0.4, 0.5) is 0 Å². The number of aliphatic hydroxyl groups excluding tert-OH is 1. The molecule has 0 saturated heterocycles. The summed E-state index contributed by atoms with van der Waals surface area (Å²) in [6.07, 6.45) is 4.73. The van der Waals surface area contributed by atoms with Crippen molar-refractivity contribution in [2.45, 2.75) is 32.2 Å². The van der Waals surface area contributed by atoms with Crippen molar-refractivity contribution >= 4 is 17.3 Å². The van der Waals surface area contributed by atoms with Crippen molar-refractivity contribution in [1.82, 2.24) is 10.6 Å². The molecule has 1 unspecified atom stereocenters. The normalized spacial score (nSPS) is 11.9. The molecule has 0 aromatic rings. The maximum absolute atomic E-state index is 8.56. The summed E-state index contributed by atoms with van der Waals surface area (Å²) in [4.78, 5) is 0. The second-order valence-electron chi connectivity index (χ2n) is 3.21. The minimum atomic E-state index is 0.201. The van der Waals surface area contributed by atoms with E-state index in [1.165, 1.54) is 0 Å². The number of rotatable bonds is 7. The van der Waals surface area contributed by atoms with Crippen molar-refractivity contribution in [3.8, 4) is 0 Å². The molecular formula is C10H20N2OS. The Hall–Kier alpha value is -0.610. The molecule has 0 amide bonds. The molecule has 3 N–H and O–H groups in total. The van der Waals surface area contributed by atoms with E-state index in [2.05, 4.69) is 17.2 Å². The Balaban J connectivity index is 3.31. The number of hydrogen-bond donors (Lipinski definition) is 3. The average Bonchev–Trinajstić information content (AvgIpc) is 2.17. The van der Waals surface area contributed by atoms with E-state index in [0.717, 1.165) is 25.8 Å². The molecule has 0 aliphatic carbocycles. The summed E-state index contributed by atoms with van der Waals surface area (Å²) in [5.41, 5.74) is 0. The van der Waals surface area contributed by atoms with Crippen LogP contribution in [-0.4, -0.2) is 29.4 Å². The van der Waals surface area contributed by atoms with Crippen molar-refractivity contribution < 1.29 is 5.11 Å². The fourth-order valence-corrected chi connectivity index (χ4v) is 1.22. The largest absolute Gasteiger partial charge is 0.396 e. The Kier molecular flexibility index (Phi) is 8.57. The third-order valence-electron chi connectivity index (χ3n) is 1.83. The number of nitrogens with one attached hydrogen (secondary N) is 2. The standard InChI is InChI=1S/C10H20N2OS/c1-3-9(2)12-10(14)11-7-5-4-6-8-13/h3,9,13H,1,4-8H2,2H3,(H2,11,12,14). The van der Waals surface area contributed by atoms with Crippen molar-refractivity contribution in [2.24, 2.45) is 0 Å². The average molecular weight is 216 g/mol. The summed E-state index contributed by atoms with van der Waals surface area (Å²) in [7, 11) is 0. The molecule has 0 aliphatic heterocycles. The molecule has 0 bridgehead atoms. The highest BCUT2D eigenvalue weighted by Gasteiger charge is 1.97. The smallest absolute Gasteiger partial charge is 0.166 e. The van der Waals surface area contributed by atoms with E-state index in [-0.39, 0.29) is 12.6 Å². The number of aliphatic hydroxyl groups is 1. The van der Waals surface area contributed by atoms with Crippen molar-refractivity contribution in [2.75, 3.05) is 13.2 Å². The predicted octanol–water partition coefficient (Wildman–Crippen LogP) is 1.19. The van der Waals surface area contributed by atoms with Crippen LogP contribution in [0.15, 0.2) is 12.7 Å². The molecule has 0 aliphatic rings. The lowest BCUT2D eigenvalue weighted by atomic mass is 10.2. The van der Waals surface area contributed by atoms with Gasteiger partial charge in [0.25, 0.3) is 0 Å². The molecule has 0 spiro atoms. The summed E-state index contributed by atoms with van der Waals surface area (Å²) in [6, 6.07) is 0.201. The quantitative estimate of drug-likeness (QED) is 0.340. The molecule has 4 heteroatoms. The van der Waals surface area contributed by atoms with Gasteiger partial charge in [0.1, 0.15) is 0 Å². The van der Waals surface area contributed by atoms with E-state index in [1.54, 1.807) is 6.08 Å². The van der Waals surface area contributed by atoms with E-state index in [4.69, 9.17) is 17.3 Å². The van der Waals surface area contributed by atoms with Crippen LogP contribution in [0.1, 0.15) is 26.2 Å². The molecule has 14 heavy (non-hydrogen) atoms. The van der Waals surface area contributed by atoms with Gasteiger partial charge in [0, 0.05) is 19.2 Å². The summed E-state index contributed by atoms with van der Waals surface area (Å²) >= 11 is 5.06. The van der Waals surface area contributed by atoms with Gasteiger partial charge in [-0.3, -0.25) is 0 Å². The highest BCUT2D eigenvalue weighted by atomic mass is 32.1. The Labute approximate surface area is 91.6 Å². The third kappa shape index (κ3) is 8.01. The molecule has 3 nitrogen and oxygen atoms in total. The maximum atomic E-state index is 8.56. The van der Waals surface area contributed by atoms with E-state index in [0.29, 0.717) is 5.11 Å². The highest BCUT2D eigenvalue weighted by Crippen LogP contribution is 1.91. The molecule has 0 rings (SSSR count). The number of hydrogen-bond acceptors (Lipinski definition) is 2. The van der Waals surface area contributed by atoms with Gasteiger partial charge in [-0.25, -0.2) is 0 Å². The van der Waals surface area contributed by atoms with E-state index < -0.39 is 0 Å². The van der Waals surface area contributed by atoms with Crippen LogP contribution in [0.25, 0.3) is 0 Å². The Bertz CT molecular complexity index is 174. The minimum Gasteiger partial charge on any atom is -0.396 e. The van der Waals surface area contributed by atoms with Gasteiger partial charge in [0.05, 0.1) is 0 Å². The predicted molar refractivity (Wildman–Crippen MR) is 64.3 cm³/mol. The van der Waals surface area contributed by atoms with Gasteiger partial charge >= 0.3 is 0 Å². The molecule has 0 heterocycles. The molecule has 1 atom stereocenters. The van der Waals surface area contributed by atoms with Gasteiger partial charge in [-0.1, -0.05) is 6.08 Å². The van der Waals surface area contributed by atoms with Crippen LogP contribution in [0.2, 0.25) is 0 Å². The third-order valence-corrected chi connectivity index (χ3v) is 2.09. The van der Waals surface area contributed by atoms with Crippen LogP contribution in [0, 0.1) is 0 Å². The number of unbranched alkanes of at least 4 members (excludes halogenated alkanes) is 2. The lowest BCUT2D eigenvalue weighted by Gasteiger charge is -2.13. The summed E-state index contributed by atoms with van der Waals surface area (Å²) in [5.74, 6) is 0. The second-order valence-corrected chi connectivity index (χ2v) is 3.62. The Morgan fingerprint density at radius 2 is 2.21 bits per heavy atom. The maximum Gasteiger partial charge on any atom is 0.166 e. The Morgan fingerprint density at radius 1 is 1.50 bits per heavy atom. The first-order valence-corrected chi connectivity index (χ1v) is 5.39. The van der Waals surface area contributed by atoms with Gasteiger partial charge in [-0.2, -0.15) is 0 Å². The highest BCUT2D eigenvalue weighted by molar-refractivity contribution is 7.80. The lowest BCUT2D eigenvalue weighted by Crippen LogP contribution is -2.39. The van der Waals surface area contributed by atoms with Crippen LogP contribution in [-0.2, 0) is 0 Å². The Morgan fingerprint density at radius 3 is 2.79 bits per heavy atom. The van der Waals surface area contributed by atoms with Crippen LogP contribution in [0.3, 0.4) is 0 Å². The van der Waals surface area contributed by atoms with Crippen LogP contribution >= 0.6 is 12.2 Å². The molecule has 82 valence electrons. The first-order valence-electron chi connectivity index (χ1n) is 4.98. The fourth-order valence-electron chi connectivity index (χ4n) is 0.932. The zero-order chi connectivity index (χ0) is 10.8. The molecule has 0 fully saturated rings. The minimum absolute atomic E-state index is 0.201. The molecule has 0 radical (unpaired) electrons. The van der Waals surface area contributed by atoms with Crippen molar-refractivity contribution in [3.05, 3.63) is 12.7 Å². The zero-order valence-corrected chi connectivity index (χ0v) is 9.57. The zero-order valence-electron chi connectivity index (χ0n) is 8.75. The molecular weight excluding hydrogens is 196 g/mol. The SMILES string of the molecule is C=CC(C)NC(=S)NCCCCCO. The van der Waals surface area contributed by atoms with Gasteiger partial charge in [-0.05, 0) is 38.4 Å². The van der Waals surface area contributed by atoms with Gasteiger partial charge in [0.2, 0.25) is 0 Å². The molecule has 0 aromatic heterocycles. The van der Waals surface area contributed by atoms with E-state index in [9.17, 15) is 0 Å². The van der Waals surface area contributed by atoms with Gasteiger partial charge in [0.15, 0.2) is 5.11 Å².